The molecule has 1 aromatic carbocycles. The van der Waals surface area contributed by atoms with Gasteiger partial charge in [-0.2, -0.15) is 29.7 Å². The van der Waals surface area contributed by atoms with Gasteiger partial charge in [-0.1, -0.05) is 19.0 Å². The number of rotatable bonds is 1. The van der Waals surface area contributed by atoms with Crippen molar-refractivity contribution in [2.24, 2.45) is 0 Å². The van der Waals surface area contributed by atoms with Gasteiger partial charge in [0.05, 0.1) is 6.89 Å². The fourth-order valence-electron chi connectivity index (χ4n) is 2.10. The molecule has 0 saturated heterocycles. The van der Waals surface area contributed by atoms with Crippen molar-refractivity contribution in [3.05, 3.63) is 60.8 Å². The van der Waals surface area contributed by atoms with Crippen LogP contribution in [0.4, 0.5) is 0 Å². The van der Waals surface area contributed by atoms with Crippen LogP contribution in [0.15, 0.2) is 42.6 Å². The molecule has 2 aromatic heterocycles. The molecule has 0 spiro atoms. The largest absolute Gasteiger partial charge is 1.00 e. The van der Waals surface area contributed by atoms with Gasteiger partial charge in [-0.25, -0.2) is 4.52 Å². The van der Waals surface area contributed by atoms with Crippen molar-refractivity contribution in [3.8, 4) is 11.1 Å². The first-order chi connectivity index (χ1) is 9.08. The van der Waals surface area contributed by atoms with Crippen molar-refractivity contribution in [2.45, 2.75) is 14.4 Å². The van der Waals surface area contributed by atoms with Crippen LogP contribution in [0.3, 0.4) is 0 Å². The topological polar surface area (TPSA) is 17.3 Å². The summed E-state index contributed by atoms with van der Waals surface area (Å²) in [6.45, 7) is 5.74. The zero-order valence-corrected chi connectivity index (χ0v) is 14.3. The molecule has 0 fully saturated rings. The Morgan fingerprint density at radius 3 is 2.55 bits per heavy atom. The van der Waals surface area contributed by atoms with E-state index in [9.17, 15) is 0 Å². The summed E-state index contributed by atoms with van der Waals surface area (Å²) in [5.74, 6) is 0. The molecule has 0 amide bonds. The first-order valence-electron chi connectivity index (χ1n) is 6.24. The second-order valence-electron chi connectivity index (χ2n) is 4.35. The minimum atomic E-state index is 0. The zero-order chi connectivity index (χ0) is 13.6. The van der Waals surface area contributed by atoms with Crippen LogP contribution in [0, 0.1) is 13.8 Å². The second kappa shape index (κ2) is 6.96. The maximum Gasteiger partial charge on any atom is 1.00 e. The predicted molar refractivity (Wildman–Crippen MR) is 81.9 cm³/mol. The zero-order valence-electron chi connectivity index (χ0n) is 12.1. The average molecular weight is 287 g/mol. The Labute approximate surface area is 165 Å². The normalized spacial score (nSPS) is 10.6. The molecule has 0 aliphatic carbocycles. The molecular formula is C16H16BKN2. The molecule has 0 unspecified atom stereocenters. The number of hydrogen-bond donors (Lipinski definition) is 0. The molecule has 20 heavy (non-hydrogen) atoms. The van der Waals surface area contributed by atoms with E-state index in [1.54, 1.807) is 10.7 Å². The summed E-state index contributed by atoms with van der Waals surface area (Å²) in [7, 11) is 6.01. The molecule has 2 nitrogen and oxygen atoms in total. The minimum Gasteiger partial charge on any atom is -0.238 e. The molecule has 0 aliphatic rings. The van der Waals surface area contributed by atoms with Crippen LogP contribution in [0.25, 0.3) is 16.6 Å². The molecule has 0 N–H and O–H groups in total. The summed E-state index contributed by atoms with van der Waals surface area (Å²) in [5, 5.41) is 4.24. The number of hydrogen-bond acceptors (Lipinski definition) is 1. The fraction of sp³-hybridized carbons (Fsp3) is 0.125. The van der Waals surface area contributed by atoms with E-state index in [0.29, 0.717) is 11.5 Å². The van der Waals surface area contributed by atoms with Gasteiger partial charge in [-0.05, 0) is 18.5 Å². The fourth-order valence-corrected chi connectivity index (χ4v) is 2.10. The SMILES string of the molecule is C.[2H]c1cc(-c2ccc([CH2-])cc2)c2c([B])cnn2c1C.[K+]. The van der Waals surface area contributed by atoms with Gasteiger partial charge in [-0.3, -0.25) is 0 Å². The summed E-state index contributed by atoms with van der Waals surface area (Å²) >= 11 is 0. The summed E-state index contributed by atoms with van der Waals surface area (Å²) in [4.78, 5) is 0. The second-order valence-corrected chi connectivity index (χ2v) is 4.35. The number of nitrogens with zero attached hydrogens (tertiary/aromatic N) is 2. The van der Waals surface area contributed by atoms with Gasteiger partial charge in [0.15, 0.2) is 0 Å². The van der Waals surface area contributed by atoms with Crippen molar-refractivity contribution >= 4 is 18.8 Å². The third-order valence-corrected chi connectivity index (χ3v) is 3.06. The molecule has 0 atom stereocenters. The van der Waals surface area contributed by atoms with E-state index < -0.39 is 0 Å². The average Bonchev–Trinajstić information content (AvgIpc) is 2.78. The van der Waals surface area contributed by atoms with Gasteiger partial charge < -0.3 is 0 Å². The smallest absolute Gasteiger partial charge is 0.238 e. The van der Waals surface area contributed by atoms with E-state index in [4.69, 9.17) is 9.22 Å². The van der Waals surface area contributed by atoms with Crippen molar-refractivity contribution in [1.82, 2.24) is 9.61 Å². The van der Waals surface area contributed by atoms with E-state index in [-0.39, 0.29) is 58.8 Å². The molecular weight excluding hydrogens is 270 g/mol. The Morgan fingerprint density at radius 1 is 1.25 bits per heavy atom. The molecule has 3 rings (SSSR count). The van der Waals surface area contributed by atoms with Crippen LogP contribution in [-0.4, -0.2) is 17.5 Å². The maximum atomic E-state index is 8.03. The quantitative estimate of drug-likeness (QED) is 0.452. The van der Waals surface area contributed by atoms with E-state index >= 15 is 0 Å². The van der Waals surface area contributed by atoms with E-state index in [1.807, 2.05) is 37.3 Å². The summed E-state index contributed by atoms with van der Waals surface area (Å²) in [6, 6.07) is 10.1. The Hall–Kier alpha value is -0.519. The van der Waals surface area contributed by atoms with Crippen molar-refractivity contribution < 1.29 is 52.8 Å². The molecule has 94 valence electrons. The van der Waals surface area contributed by atoms with E-state index in [1.165, 1.54) is 0 Å². The van der Waals surface area contributed by atoms with Gasteiger partial charge in [0, 0.05) is 17.5 Å². The monoisotopic (exact) mass is 287 g/mol. The third-order valence-electron chi connectivity index (χ3n) is 3.06. The number of benzene rings is 1. The summed E-state index contributed by atoms with van der Waals surface area (Å²) < 4.78 is 9.76. The number of aryl methyl sites for hydroxylation is 1. The number of fused-ring (bicyclic) bond motifs is 1. The first kappa shape index (κ1) is 15.9. The molecule has 2 radical (unpaired) electrons. The standard InChI is InChI=1S/C15H12BN2.CH4.K/c1-10-3-6-12(7-4-10)13-8-5-11(2)18-15(13)14(16)9-17-18;;/h3-9H,1H2,2H3;1H4;/q-1;;+1/i5D;;. The molecule has 4 heteroatoms. The van der Waals surface area contributed by atoms with Crippen molar-refractivity contribution in [2.75, 3.05) is 0 Å². The van der Waals surface area contributed by atoms with Gasteiger partial charge in [0.1, 0.15) is 7.85 Å². The molecule has 0 saturated carbocycles. The van der Waals surface area contributed by atoms with Gasteiger partial charge in [0.25, 0.3) is 0 Å². The summed E-state index contributed by atoms with van der Waals surface area (Å²) in [5.41, 5.74) is 5.15. The first-order valence-corrected chi connectivity index (χ1v) is 5.74. The number of pyridine rings is 1. The van der Waals surface area contributed by atoms with Crippen molar-refractivity contribution in [3.63, 3.8) is 0 Å². The maximum absolute atomic E-state index is 8.03. The van der Waals surface area contributed by atoms with Crippen LogP contribution in [0.5, 0.6) is 0 Å². The van der Waals surface area contributed by atoms with Gasteiger partial charge in [-0.15, -0.1) is 12.1 Å². The van der Waals surface area contributed by atoms with Crippen LogP contribution < -0.4 is 56.8 Å². The van der Waals surface area contributed by atoms with Crippen LogP contribution in [-0.2, 0) is 0 Å². The molecule has 0 aliphatic heterocycles. The Bertz CT molecular complexity index is 766. The van der Waals surface area contributed by atoms with E-state index in [0.717, 1.165) is 27.9 Å². The van der Waals surface area contributed by atoms with Gasteiger partial charge in [0.2, 0.25) is 0 Å². The van der Waals surface area contributed by atoms with Crippen molar-refractivity contribution in [1.29, 1.82) is 0 Å². The Balaban J connectivity index is 0.00000110. The number of aromatic nitrogens is 2. The van der Waals surface area contributed by atoms with Crippen LogP contribution in [0.1, 0.15) is 20.1 Å². The summed E-state index contributed by atoms with van der Waals surface area (Å²) in [6.07, 6.45) is 1.63. The minimum absolute atomic E-state index is 0. The molecule has 2 heterocycles. The van der Waals surface area contributed by atoms with Gasteiger partial charge >= 0.3 is 51.4 Å². The molecule has 3 aromatic rings. The van der Waals surface area contributed by atoms with Crippen LogP contribution >= 0.6 is 0 Å². The third kappa shape index (κ3) is 3.05. The Kier molecular flexibility index (Phi) is 5.52. The van der Waals surface area contributed by atoms with E-state index in [2.05, 4.69) is 12.0 Å². The van der Waals surface area contributed by atoms with Crippen LogP contribution in [0.2, 0.25) is 0 Å². The predicted octanol–water partition coefficient (Wildman–Crippen LogP) is -0.0742. The molecule has 0 bridgehead atoms. The Morgan fingerprint density at radius 2 is 1.90 bits per heavy atom.